The lowest BCUT2D eigenvalue weighted by atomic mass is 10.3. The van der Waals surface area contributed by atoms with Crippen LogP contribution >= 0.6 is 0 Å². The highest BCUT2D eigenvalue weighted by atomic mass is 16.2. The summed E-state index contributed by atoms with van der Waals surface area (Å²) in [6, 6.07) is 2.10. The second-order valence-corrected chi connectivity index (χ2v) is 4.47. The Balaban J connectivity index is 2.33. The van der Waals surface area contributed by atoms with Crippen LogP contribution in [0.1, 0.15) is 25.3 Å². The van der Waals surface area contributed by atoms with Gasteiger partial charge < -0.3 is 14.8 Å². The molecule has 1 amide bonds. The number of nitrogens with zero attached hydrogens (tertiary/aromatic N) is 2. The molecule has 4 nitrogen and oxygen atoms in total. The SMILES string of the molecule is CCCNCc1ccn(CCC(=O)N(C)C)c1. The van der Waals surface area contributed by atoms with Gasteiger partial charge in [-0.05, 0) is 24.6 Å². The molecule has 0 bridgehead atoms. The van der Waals surface area contributed by atoms with E-state index in [0.717, 1.165) is 26.1 Å². The molecule has 17 heavy (non-hydrogen) atoms. The number of hydrogen-bond acceptors (Lipinski definition) is 2. The summed E-state index contributed by atoms with van der Waals surface area (Å²) in [5.74, 6) is 0.171. The van der Waals surface area contributed by atoms with Crippen LogP contribution in [0.3, 0.4) is 0 Å². The van der Waals surface area contributed by atoms with Crippen LogP contribution in [0.5, 0.6) is 0 Å². The number of aryl methyl sites for hydroxylation is 1. The average Bonchev–Trinajstić information content (AvgIpc) is 2.74. The minimum Gasteiger partial charge on any atom is -0.353 e. The Labute approximate surface area is 104 Å². The molecule has 0 aliphatic heterocycles. The Bertz CT molecular complexity index is 344. The third kappa shape index (κ3) is 5.04. The monoisotopic (exact) mass is 237 g/mol. The van der Waals surface area contributed by atoms with Crippen LogP contribution < -0.4 is 5.32 Å². The van der Waals surface area contributed by atoms with Gasteiger partial charge in [-0.3, -0.25) is 4.79 Å². The topological polar surface area (TPSA) is 37.3 Å². The lowest BCUT2D eigenvalue weighted by Gasteiger charge is -2.10. The van der Waals surface area contributed by atoms with Gasteiger partial charge in [-0.25, -0.2) is 0 Å². The van der Waals surface area contributed by atoms with Gasteiger partial charge in [0.25, 0.3) is 0 Å². The van der Waals surface area contributed by atoms with Crippen molar-refractivity contribution in [1.29, 1.82) is 0 Å². The first kappa shape index (κ1) is 13.8. The van der Waals surface area contributed by atoms with Crippen molar-refractivity contribution in [2.75, 3.05) is 20.6 Å². The fraction of sp³-hybridized carbons (Fsp3) is 0.615. The predicted octanol–water partition coefficient (Wildman–Crippen LogP) is 1.47. The molecular formula is C13H23N3O. The number of carbonyl (C=O) groups is 1. The van der Waals surface area contributed by atoms with Gasteiger partial charge >= 0.3 is 0 Å². The van der Waals surface area contributed by atoms with Crippen molar-refractivity contribution in [1.82, 2.24) is 14.8 Å². The molecule has 1 rings (SSSR count). The number of rotatable bonds is 7. The van der Waals surface area contributed by atoms with E-state index in [2.05, 4.69) is 29.1 Å². The first-order chi connectivity index (χ1) is 8.13. The molecule has 1 aromatic rings. The Hall–Kier alpha value is -1.29. The molecule has 0 aliphatic carbocycles. The molecule has 0 aromatic carbocycles. The molecule has 1 heterocycles. The van der Waals surface area contributed by atoms with Crippen molar-refractivity contribution >= 4 is 5.91 Å². The Morgan fingerprint density at radius 3 is 2.88 bits per heavy atom. The summed E-state index contributed by atoms with van der Waals surface area (Å²) in [7, 11) is 3.58. The Morgan fingerprint density at radius 1 is 1.47 bits per heavy atom. The van der Waals surface area contributed by atoms with Crippen LogP contribution in [0.15, 0.2) is 18.5 Å². The van der Waals surface area contributed by atoms with Crippen LogP contribution in [0.4, 0.5) is 0 Å². The summed E-state index contributed by atoms with van der Waals surface area (Å²) in [5, 5.41) is 3.36. The van der Waals surface area contributed by atoms with E-state index in [1.807, 2.05) is 6.20 Å². The third-order valence-electron chi connectivity index (χ3n) is 2.65. The van der Waals surface area contributed by atoms with E-state index >= 15 is 0 Å². The van der Waals surface area contributed by atoms with Crippen LogP contribution in [0, 0.1) is 0 Å². The zero-order valence-corrected chi connectivity index (χ0v) is 11.1. The molecule has 0 spiro atoms. The maximum absolute atomic E-state index is 11.4. The zero-order valence-electron chi connectivity index (χ0n) is 11.1. The van der Waals surface area contributed by atoms with Crippen molar-refractivity contribution in [3.8, 4) is 0 Å². The molecule has 0 atom stereocenters. The van der Waals surface area contributed by atoms with Gasteiger partial charge in [0.05, 0.1) is 0 Å². The summed E-state index contributed by atoms with van der Waals surface area (Å²) in [6.45, 7) is 4.86. The molecule has 0 saturated carbocycles. The highest BCUT2D eigenvalue weighted by molar-refractivity contribution is 5.75. The van der Waals surface area contributed by atoms with Gasteiger partial charge in [-0.1, -0.05) is 6.92 Å². The second-order valence-electron chi connectivity index (χ2n) is 4.47. The number of carbonyl (C=O) groups excluding carboxylic acids is 1. The first-order valence-corrected chi connectivity index (χ1v) is 6.19. The van der Waals surface area contributed by atoms with Crippen molar-refractivity contribution in [2.24, 2.45) is 0 Å². The van der Waals surface area contributed by atoms with E-state index in [9.17, 15) is 4.79 Å². The summed E-state index contributed by atoms with van der Waals surface area (Å²) in [5.41, 5.74) is 1.27. The molecule has 1 N–H and O–H groups in total. The summed E-state index contributed by atoms with van der Waals surface area (Å²) in [4.78, 5) is 13.1. The lowest BCUT2D eigenvalue weighted by molar-refractivity contribution is -0.128. The van der Waals surface area contributed by atoms with Gasteiger partial charge in [0.2, 0.25) is 5.91 Å². The minimum atomic E-state index is 0.171. The van der Waals surface area contributed by atoms with E-state index in [-0.39, 0.29) is 5.91 Å². The minimum absolute atomic E-state index is 0.171. The second kappa shape index (κ2) is 7.12. The number of amides is 1. The standard InChI is InChI=1S/C13H23N3O/c1-4-7-14-10-12-5-8-16(11-12)9-6-13(17)15(2)3/h5,8,11,14H,4,6-7,9-10H2,1-3H3. The predicted molar refractivity (Wildman–Crippen MR) is 69.7 cm³/mol. The highest BCUT2D eigenvalue weighted by Crippen LogP contribution is 2.02. The van der Waals surface area contributed by atoms with Gasteiger partial charge in [0, 0.05) is 46.0 Å². The molecule has 1 aromatic heterocycles. The van der Waals surface area contributed by atoms with Crippen LogP contribution in [-0.4, -0.2) is 36.0 Å². The maximum Gasteiger partial charge on any atom is 0.223 e. The van der Waals surface area contributed by atoms with E-state index in [1.165, 1.54) is 5.56 Å². The molecule has 96 valence electrons. The largest absolute Gasteiger partial charge is 0.353 e. The lowest BCUT2D eigenvalue weighted by Crippen LogP contribution is -2.22. The summed E-state index contributed by atoms with van der Waals surface area (Å²) >= 11 is 0. The molecule has 0 aliphatic rings. The highest BCUT2D eigenvalue weighted by Gasteiger charge is 2.04. The van der Waals surface area contributed by atoms with E-state index in [0.29, 0.717) is 6.42 Å². The number of aromatic nitrogens is 1. The van der Waals surface area contributed by atoms with Gasteiger partial charge in [0.15, 0.2) is 0 Å². The van der Waals surface area contributed by atoms with E-state index in [1.54, 1.807) is 19.0 Å². The van der Waals surface area contributed by atoms with E-state index < -0.39 is 0 Å². The smallest absolute Gasteiger partial charge is 0.223 e. The number of nitrogens with one attached hydrogen (secondary N) is 1. The average molecular weight is 237 g/mol. The van der Waals surface area contributed by atoms with Gasteiger partial charge in [0.1, 0.15) is 0 Å². The third-order valence-corrected chi connectivity index (χ3v) is 2.65. The maximum atomic E-state index is 11.4. The normalized spacial score (nSPS) is 10.5. The molecule has 0 radical (unpaired) electrons. The summed E-state index contributed by atoms with van der Waals surface area (Å²) < 4.78 is 2.07. The first-order valence-electron chi connectivity index (χ1n) is 6.19. The van der Waals surface area contributed by atoms with Crippen molar-refractivity contribution in [2.45, 2.75) is 32.9 Å². The van der Waals surface area contributed by atoms with Crippen molar-refractivity contribution < 1.29 is 4.79 Å². The fourth-order valence-electron chi connectivity index (χ4n) is 1.59. The van der Waals surface area contributed by atoms with Crippen LogP contribution in [-0.2, 0) is 17.9 Å². The Morgan fingerprint density at radius 2 is 2.24 bits per heavy atom. The van der Waals surface area contributed by atoms with Crippen LogP contribution in [0.25, 0.3) is 0 Å². The van der Waals surface area contributed by atoms with Crippen molar-refractivity contribution in [3.63, 3.8) is 0 Å². The molecule has 0 saturated heterocycles. The summed E-state index contributed by atoms with van der Waals surface area (Å²) in [6.07, 6.45) is 5.85. The van der Waals surface area contributed by atoms with Crippen LogP contribution in [0.2, 0.25) is 0 Å². The molecule has 0 unspecified atom stereocenters. The number of hydrogen-bond donors (Lipinski definition) is 1. The van der Waals surface area contributed by atoms with E-state index in [4.69, 9.17) is 0 Å². The molecule has 4 heteroatoms. The quantitative estimate of drug-likeness (QED) is 0.729. The molecule has 0 fully saturated rings. The fourth-order valence-corrected chi connectivity index (χ4v) is 1.59. The van der Waals surface area contributed by atoms with Gasteiger partial charge in [-0.15, -0.1) is 0 Å². The zero-order chi connectivity index (χ0) is 12.7. The Kier molecular flexibility index (Phi) is 5.77. The molecular weight excluding hydrogens is 214 g/mol. The van der Waals surface area contributed by atoms with Crippen molar-refractivity contribution in [3.05, 3.63) is 24.0 Å². The van der Waals surface area contributed by atoms with Gasteiger partial charge in [-0.2, -0.15) is 0 Å².